The lowest BCUT2D eigenvalue weighted by atomic mass is 9.69. The Morgan fingerprint density at radius 3 is 2.73 bits per heavy atom. The summed E-state index contributed by atoms with van der Waals surface area (Å²) in [7, 11) is 2.06. The number of imide groups is 1. The van der Waals surface area contributed by atoms with Crippen molar-refractivity contribution in [3.8, 4) is 11.9 Å². The Morgan fingerprint density at radius 2 is 2.03 bits per heavy atom. The minimum Gasteiger partial charge on any atom is -0.478 e. The average Bonchev–Trinajstić information content (AvgIpc) is 3.34. The van der Waals surface area contributed by atoms with Crippen molar-refractivity contribution in [3.05, 3.63) is 53.7 Å². The van der Waals surface area contributed by atoms with Crippen LogP contribution in [0.15, 0.2) is 42.6 Å². The van der Waals surface area contributed by atoms with Gasteiger partial charge < -0.3 is 20.1 Å². The van der Waals surface area contributed by atoms with Crippen molar-refractivity contribution >= 4 is 17.7 Å². The molecule has 3 aliphatic rings. The maximum absolute atomic E-state index is 14.7. The number of para-hydroxylation sites is 1. The highest BCUT2D eigenvalue weighted by Gasteiger charge is 2.64. The zero-order valence-corrected chi connectivity index (χ0v) is 21.1. The van der Waals surface area contributed by atoms with Gasteiger partial charge in [-0.3, -0.25) is 9.69 Å². The van der Waals surface area contributed by atoms with Crippen LogP contribution in [0.1, 0.15) is 36.8 Å². The smallest absolute Gasteiger partial charge is 0.414 e. The van der Waals surface area contributed by atoms with Gasteiger partial charge in [0.15, 0.2) is 0 Å². The monoisotopic (exact) mass is 504 g/mol. The second kappa shape index (κ2) is 10.00. The van der Waals surface area contributed by atoms with Gasteiger partial charge in [-0.1, -0.05) is 18.2 Å². The van der Waals surface area contributed by atoms with E-state index in [4.69, 9.17) is 4.74 Å². The number of carbonyl (C=O) groups is 2. The van der Waals surface area contributed by atoms with Gasteiger partial charge in [0.25, 0.3) is 5.91 Å². The first-order valence-electron chi connectivity index (χ1n) is 12.8. The van der Waals surface area contributed by atoms with E-state index in [9.17, 15) is 20.0 Å². The van der Waals surface area contributed by atoms with E-state index in [0.29, 0.717) is 18.7 Å². The number of carbonyl (C=O) groups excluding carboxylic acids is 1. The maximum atomic E-state index is 14.7. The Balaban J connectivity index is 1.83. The number of pyridine rings is 1. The van der Waals surface area contributed by atoms with Crippen LogP contribution in [0.4, 0.5) is 10.5 Å². The highest BCUT2D eigenvalue weighted by molar-refractivity contribution is 6.00. The standard InChI is InChI=1S/C27H32N6O4/c1-3-37-24-21(8-6-12-29-24)27(22-16-30-23-9-5-4-7-20(22)23)25(34)32(26(35)36)17-19(15-28)33(27)18-10-13-31(2)14-11-18/h4-9,12,18-19,22,30H,3,10-11,13-14,16-17H2,1-2H3,(H,35,36). The quantitative estimate of drug-likeness (QED) is 0.633. The van der Waals surface area contributed by atoms with Gasteiger partial charge in [-0.05, 0) is 63.7 Å². The summed E-state index contributed by atoms with van der Waals surface area (Å²) >= 11 is 0. The van der Waals surface area contributed by atoms with Crippen molar-refractivity contribution < 1.29 is 19.4 Å². The number of hydrogen-bond donors (Lipinski definition) is 2. The summed E-state index contributed by atoms with van der Waals surface area (Å²) in [6.45, 7) is 4.00. The number of piperidine rings is 1. The number of anilines is 1. The van der Waals surface area contributed by atoms with E-state index in [0.717, 1.165) is 42.1 Å². The van der Waals surface area contributed by atoms with Gasteiger partial charge in [0.1, 0.15) is 11.6 Å². The fraction of sp³-hybridized carbons (Fsp3) is 0.481. The van der Waals surface area contributed by atoms with E-state index in [1.807, 2.05) is 36.1 Å². The molecule has 5 rings (SSSR count). The highest BCUT2D eigenvalue weighted by atomic mass is 16.5. The molecule has 0 spiro atoms. The second-order valence-electron chi connectivity index (χ2n) is 9.86. The number of carboxylic acid groups (broad SMARTS) is 1. The molecule has 194 valence electrons. The lowest BCUT2D eigenvalue weighted by molar-refractivity contribution is -0.160. The molecule has 1 aromatic carbocycles. The fourth-order valence-electron chi connectivity index (χ4n) is 6.35. The number of nitrogens with zero attached hydrogens (tertiary/aromatic N) is 5. The van der Waals surface area contributed by atoms with Gasteiger partial charge in [-0.2, -0.15) is 5.26 Å². The molecule has 3 atom stereocenters. The molecule has 3 aliphatic heterocycles. The minimum absolute atomic E-state index is 0.108. The number of fused-ring (bicyclic) bond motifs is 1. The zero-order chi connectivity index (χ0) is 26.2. The summed E-state index contributed by atoms with van der Waals surface area (Å²) in [5.41, 5.74) is 0.779. The van der Waals surface area contributed by atoms with E-state index >= 15 is 0 Å². The van der Waals surface area contributed by atoms with E-state index in [1.165, 1.54) is 0 Å². The number of nitrogens with one attached hydrogen (secondary N) is 1. The van der Waals surface area contributed by atoms with Crippen molar-refractivity contribution in [1.82, 2.24) is 19.7 Å². The summed E-state index contributed by atoms with van der Waals surface area (Å²) in [4.78, 5) is 36.7. The van der Waals surface area contributed by atoms with Crippen LogP contribution in [-0.4, -0.2) is 88.7 Å². The van der Waals surface area contributed by atoms with Crippen molar-refractivity contribution in [2.45, 2.75) is 43.3 Å². The van der Waals surface area contributed by atoms with Crippen LogP contribution in [0.2, 0.25) is 0 Å². The lowest BCUT2D eigenvalue weighted by Crippen LogP contribution is -2.73. The van der Waals surface area contributed by atoms with Crippen LogP contribution in [0, 0.1) is 11.3 Å². The van der Waals surface area contributed by atoms with Crippen molar-refractivity contribution in [3.63, 3.8) is 0 Å². The van der Waals surface area contributed by atoms with Gasteiger partial charge in [0, 0.05) is 36.0 Å². The van der Waals surface area contributed by atoms with Crippen molar-refractivity contribution in [2.75, 3.05) is 45.2 Å². The Bertz CT molecular complexity index is 1220. The average molecular weight is 505 g/mol. The first-order chi connectivity index (χ1) is 17.9. The molecular weight excluding hydrogens is 472 g/mol. The molecule has 3 unspecified atom stereocenters. The van der Waals surface area contributed by atoms with Gasteiger partial charge >= 0.3 is 6.09 Å². The Morgan fingerprint density at radius 1 is 1.27 bits per heavy atom. The number of benzene rings is 1. The first-order valence-corrected chi connectivity index (χ1v) is 12.8. The van der Waals surface area contributed by atoms with Crippen LogP contribution < -0.4 is 10.1 Å². The summed E-state index contributed by atoms with van der Waals surface area (Å²) in [5, 5.41) is 24.0. The maximum Gasteiger partial charge on any atom is 0.414 e. The topological polar surface area (TPSA) is 122 Å². The first kappa shape index (κ1) is 25.0. The number of likely N-dealkylation sites (tertiary alicyclic amines) is 1. The summed E-state index contributed by atoms with van der Waals surface area (Å²) in [6, 6.07) is 12.8. The molecule has 2 saturated heterocycles. The number of ether oxygens (including phenoxy) is 1. The molecule has 0 saturated carbocycles. The van der Waals surface area contributed by atoms with Gasteiger partial charge in [0.05, 0.1) is 19.2 Å². The van der Waals surface area contributed by atoms with Crippen LogP contribution >= 0.6 is 0 Å². The molecule has 0 radical (unpaired) electrons. The molecule has 4 heterocycles. The van der Waals surface area contributed by atoms with Crippen LogP contribution in [0.3, 0.4) is 0 Å². The number of amides is 2. The fourth-order valence-corrected chi connectivity index (χ4v) is 6.35. The normalized spacial score (nSPS) is 26.8. The molecule has 10 nitrogen and oxygen atoms in total. The Labute approximate surface area is 216 Å². The molecular formula is C27H32N6O4. The summed E-state index contributed by atoms with van der Waals surface area (Å²) in [5.74, 6) is -0.760. The molecule has 2 fully saturated rings. The molecule has 37 heavy (non-hydrogen) atoms. The predicted octanol–water partition coefficient (Wildman–Crippen LogP) is 2.69. The van der Waals surface area contributed by atoms with Crippen LogP contribution in [0.25, 0.3) is 0 Å². The SMILES string of the molecule is CCOc1ncccc1C1(C2CNc3ccccc32)C(=O)N(C(=O)O)CC(C#N)N1C1CCN(C)CC1. The molecule has 1 aromatic heterocycles. The van der Waals surface area contributed by atoms with Gasteiger partial charge in [-0.15, -0.1) is 0 Å². The molecule has 2 N–H and O–H groups in total. The number of piperazine rings is 1. The van der Waals surface area contributed by atoms with Gasteiger partial charge in [0.2, 0.25) is 5.88 Å². The van der Waals surface area contributed by atoms with E-state index in [1.54, 1.807) is 18.3 Å². The Hall–Kier alpha value is -3.68. The Kier molecular flexibility index (Phi) is 6.75. The van der Waals surface area contributed by atoms with Gasteiger partial charge in [-0.25, -0.2) is 14.7 Å². The second-order valence-corrected chi connectivity index (χ2v) is 9.86. The predicted molar refractivity (Wildman–Crippen MR) is 136 cm³/mol. The largest absolute Gasteiger partial charge is 0.478 e. The summed E-state index contributed by atoms with van der Waals surface area (Å²) in [6.07, 6.45) is 1.75. The van der Waals surface area contributed by atoms with Crippen molar-refractivity contribution in [1.29, 1.82) is 5.26 Å². The van der Waals surface area contributed by atoms with E-state index in [2.05, 4.69) is 28.3 Å². The number of hydrogen-bond acceptors (Lipinski definition) is 8. The third-order valence-corrected chi connectivity index (χ3v) is 7.93. The molecule has 0 bridgehead atoms. The minimum atomic E-state index is -1.52. The molecule has 2 amide bonds. The van der Waals surface area contributed by atoms with E-state index < -0.39 is 29.5 Å². The number of aromatic nitrogens is 1. The molecule has 0 aliphatic carbocycles. The third kappa shape index (κ3) is 3.99. The zero-order valence-electron chi connectivity index (χ0n) is 21.1. The highest BCUT2D eigenvalue weighted by Crippen LogP contribution is 2.54. The third-order valence-electron chi connectivity index (χ3n) is 7.93. The van der Waals surface area contributed by atoms with E-state index in [-0.39, 0.29) is 18.5 Å². The van der Waals surface area contributed by atoms with Crippen LogP contribution in [-0.2, 0) is 10.3 Å². The van der Waals surface area contributed by atoms with Crippen molar-refractivity contribution in [2.24, 2.45) is 0 Å². The number of nitriles is 1. The summed E-state index contributed by atoms with van der Waals surface area (Å²) < 4.78 is 5.96. The van der Waals surface area contributed by atoms with Crippen LogP contribution in [0.5, 0.6) is 5.88 Å². The lowest BCUT2D eigenvalue weighted by Gasteiger charge is -2.56. The molecule has 10 heteroatoms. The molecule has 2 aromatic rings. The number of rotatable bonds is 5.